The van der Waals surface area contributed by atoms with Gasteiger partial charge in [0.15, 0.2) is 0 Å². The van der Waals surface area contributed by atoms with E-state index in [1.807, 2.05) is 19.1 Å². The third kappa shape index (κ3) is 1.83. The molecule has 0 amide bonds. The van der Waals surface area contributed by atoms with Gasteiger partial charge in [0, 0.05) is 4.88 Å². The highest BCUT2D eigenvalue weighted by atomic mass is 32.1. The third-order valence-electron chi connectivity index (χ3n) is 1.75. The molecule has 2 rings (SSSR count). The van der Waals surface area contributed by atoms with E-state index in [0.29, 0.717) is 18.1 Å². The Hall–Kier alpha value is -1.20. The molecule has 0 aromatic carbocycles. The summed E-state index contributed by atoms with van der Waals surface area (Å²) in [5, 5.41) is 12.5. The summed E-state index contributed by atoms with van der Waals surface area (Å²) in [6.45, 7) is 2.06. The van der Waals surface area contributed by atoms with Crippen molar-refractivity contribution in [2.24, 2.45) is 0 Å². The van der Waals surface area contributed by atoms with Crippen molar-refractivity contribution in [1.29, 1.82) is 0 Å². The third-order valence-corrected chi connectivity index (χ3v) is 2.75. The Balaban J connectivity index is 2.24. The molecule has 5 heteroatoms. The lowest BCUT2D eigenvalue weighted by molar-refractivity contribution is 0.274. The number of rotatable bonds is 3. The summed E-state index contributed by atoms with van der Waals surface area (Å²) < 4.78 is 4.95. The summed E-state index contributed by atoms with van der Waals surface area (Å²) in [5.74, 6) is 1.08. The minimum Gasteiger partial charge on any atom is -0.396 e. The van der Waals surface area contributed by atoms with Gasteiger partial charge in [-0.15, -0.1) is 11.3 Å². The Morgan fingerprint density at radius 1 is 1.50 bits per heavy atom. The lowest BCUT2D eigenvalue weighted by atomic mass is 10.4. The summed E-state index contributed by atoms with van der Waals surface area (Å²) >= 11 is 1.62. The largest absolute Gasteiger partial charge is 0.396 e. The van der Waals surface area contributed by atoms with Gasteiger partial charge < -0.3 is 9.63 Å². The molecule has 0 fully saturated rings. The molecule has 2 aromatic rings. The summed E-state index contributed by atoms with van der Waals surface area (Å²) in [7, 11) is 0. The van der Waals surface area contributed by atoms with Crippen LogP contribution in [0.15, 0.2) is 16.7 Å². The highest BCUT2D eigenvalue weighted by Crippen LogP contribution is 2.24. The van der Waals surface area contributed by atoms with E-state index >= 15 is 0 Å². The van der Waals surface area contributed by atoms with E-state index in [4.69, 9.17) is 9.63 Å². The second-order valence-electron chi connectivity index (χ2n) is 2.90. The SMILES string of the molecule is Cc1ccc(-c2noc(CCO)n2)s1. The zero-order chi connectivity index (χ0) is 9.97. The average molecular weight is 210 g/mol. The first-order valence-electron chi connectivity index (χ1n) is 4.30. The Morgan fingerprint density at radius 3 is 3.00 bits per heavy atom. The summed E-state index contributed by atoms with van der Waals surface area (Å²) in [4.78, 5) is 6.37. The normalized spacial score (nSPS) is 10.7. The molecule has 14 heavy (non-hydrogen) atoms. The molecule has 0 aliphatic carbocycles. The molecule has 4 nitrogen and oxygen atoms in total. The van der Waals surface area contributed by atoms with E-state index in [9.17, 15) is 0 Å². The van der Waals surface area contributed by atoms with Crippen LogP contribution in [0.3, 0.4) is 0 Å². The fraction of sp³-hybridized carbons (Fsp3) is 0.333. The molecule has 2 aromatic heterocycles. The highest BCUT2D eigenvalue weighted by Gasteiger charge is 2.09. The van der Waals surface area contributed by atoms with E-state index < -0.39 is 0 Å². The van der Waals surface area contributed by atoms with Crippen molar-refractivity contribution in [2.75, 3.05) is 6.61 Å². The minimum absolute atomic E-state index is 0.0328. The first-order chi connectivity index (χ1) is 6.79. The molecule has 1 N–H and O–H groups in total. The lowest BCUT2D eigenvalue weighted by Gasteiger charge is -1.84. The van der Waals surface area contributed by atoms with Gasteiger partial charge in [-0.05, 0) is 19.1 Å². The quantitative estimate of drug-likeness (QED) is 0.836. The smallest absolute Gasteiger partial charge is 0.229 e. The molecule has 2 heterocycles. The zero-order valence-corrected chi connectivity index (χ0v) is 8.54. The number of aliphatic hydroxyl groups excluding tert-OH is 1. The molecule has 0 aliphatic heterocycles. The average Bonchev–Trinajstić information content (AvgIpc) is 2.74. The number of hydrogen-bond acceptors (Lipinski definition) is 5. The minimum atomic E-state index is 0.0328. The highest BCUT2D eigenvalue weighted by molar-refractivity contribution is 7.15. The van der Waals surface area contributed by atoms with E-state index in [1.54, 1.807) is 11.3 Å². The van der Waals surface area contributed by atoms with Crippen LogP contribution < -0.4 is 0 Å². The van der Waals surface area contributed by atoms with Crippen LogP contribution in [0, 0.1) is 6.92 Å². The van der Waals surface area contributed by atoms with Crippen molar-refractivity contribution < 1.29 is 9.63 Å². The van der Waals surface area contributed by atoms with Crippen molar-refractivity contribution in [3.63, 3.8) is 0 Å². The first kappa shape index (κ1) is 9.36. The van der Waals surface area contributed by atoms with E-state index in [-0.39, 0.29) is 6.61 Å². The topological polar surface area (TPSA) is 59.2 Å². The lowest BCUT2D eigenvalue weighted by Crippen LogP contribution is -1.89. The van der Waals surface area contributed by atoms with Crippen LogP contribution in [0.25, 0.3) is 10.7 Å². The van der Waals surface area contributed by atoms with Gasteiger partial charge in [0.25, 0.3) is 0 Å². The monoisotopic (exact) mass is 210 g/mol. The van der Waals surface area contributed by atoms with Crippen LogP contribution in [0.5, 0.6) is 0 Å². The predicted octanol–water partition coefficient (Wildman–Crippen LogP) is 1.64. The number of aliphatic hydroxyl groups is 1. The molecule has 0 aliphatic rings. The van der Waals surface area contributed by atoms with Gasteiger partial charge in [-0.2, -0.15) is 4.98 Å². The molecular weight excluding hydrogens is 200 g/mol. The Bertz CT molecular complexity index is 422. The molecule has 0 bridgehead atoms. The van der Waals surface area contributed by atoms with Crippen LogP contribution in [0.4, 0.5) is 0 Å². The second-order valence-corrected chi connectivity index (χ2v) is 4.18. The summed E-state index contributed by atoms with van der Waals surface area (Å²) in [6.07, 6.45) is 0.414. The van der Waals surface area contributed by atoms with Crippen LogP contribution in [-0.4, -0.2) is 21.9 Å². The fourth-order valence-corrected chi connectivity index (χ4v) is 1.90. The van der Waals surface area contributed by atoms with Gasteiger partial charge >= 0.3 is 0 Å². The standard InChI is InChI=1S/C9H10N2O2S/c1-6-2-3-7(14-6)9-10-8(4-5-12)13-11-9/h2-3,12H,4-5H2,1H3. The van der Waals surface area contributed by atoms with Crippen LogP contribution in [0.2, 0.25) is 0 Å². The van der Waals surface area contributed by atoms with Gasteiger partial charge in [-0.3, -0.25) is 0 Å². The summed E-state index contributed by atoms with van der Waals surface area (Å²) in [6, 6.07) is 3.98. The maximum absolute atomic E-state index is 8.68. The maximum atomic E-state index is 8.68. The number of aromatic nitrogens is 2. The summed E-state index contributed by atoms with van der Waals surface area (Å²) in [5.41, 5.74) is 0. The van der Waals surface area contributed by atoms with Crippen LogP contribution in [-0.2, 0) is 6.42 Å². The zero-order valence-electron chi connectivity index (χ0n) is 7.73. The van der Waals surface area contributed by atoms with Gasteiger partial charge in [0.1, 0.15) is 0 Å². The van der Waals surface area contributed by atoms with Crippen molar-refractivity contribution >= 4 is 11.3 Å². The molecule has 0 radical (unpaired) electrons. The Kier molecular flexibility index (Phi) is 2.60. The second kappa shape index (κ2) is 3.89. The van der Waals surface area contributed by atoms with Crippen molar-refractivity contribution in [1.82, 2.24) is 10.1 Å². The van der Waals surface area contributed by atoms with E-state index in [2.05, 4.69) is 10.1 Å². The van der Waals surface area contributed by atoms with Crippen molar-refractivity contribution in [2.45, 2.75) is 13.3 Å². The van der Waals surface area contributed by atoms with Gasteiger partial charge in [0.2, 0.25) is 11.7 Å². The predicted molar refractivity (Wildman–Crippen MR) is 53.1 cm³/mol. The first-order valence-corrected chi connectivity index (χ1v) is 5.11. The molecule has 0 saturated carbocycles. The molecule has 0 saturated heterocycles. The van der Waals surface area contributed by atoms with Crippen molar-refractivity contribution in [3.05, 3.63) is 22.9 Å². The van der Waals surface area contributed by atoms with Gasteiger partial charge in [0.05, 0.1) is 17.9 Å². The van der Waals surface area contributed by atoms with E-state index in [0.717, 1.165) is 4.88 Å². The number of hydrogen-bond donors (Lipinski definition) is 1. The van der Waals surface area contributed by atoms with Crippen LogP contribution in [0.1, 0.15) is 10.8 Å². The maximum Gasteiger partial charge on any atom is 0.229 e. The number of thiophene rings is 1. The van der Waals surface area contributed by atoms with Gasteiger partial charge in [-0.1, -0.05) is 5.16 Å². The van der Waals surface area contributed by atoms with Gasteiger partial charge in [-0.25, -0.2) is 0 Å². The van der Waals surface area contributed by atoms with E-state index in [1.165, 1.54) is 4.88 Å². The molecule has 0 atom stereocenters. The molecule has 0 unspecified atom stereocenters. The fourth-order valence-electron chi connectivity index (χ4n) is 1.11. The Labute approximate surface area is 85.2 Å². The number of nitrogens with zero attached hydrogens (tertiary/aromatic N) is 2. The molecular formula is C9H10N2O2S. The molecule has 74 valence electrons. The molecule has 0 spiro atoms. The number of aryl methyl sites for hydroxylation is 1. The van der Waals surface area contributed by atoms with Crippen LogP contribution >= 0.6 is 11.3 Å². The Morgan fingerprint density at radius 2 is 2.36 bits per heavy atom. The van der Waals surface area contributed by atoms with Crippen molar-refractivity contribution in [3.8, 4) is 10.7 Å².